The van der Waals surface area contributed by atoms with E-state index in [0.29, 0.717) is 12.2 Å². The molecule has 1 heterocycles. The smallest absolute Gasteiger partial charge is 0.132 e. The van der Waals surface area contributed by atoms with E-state index >= 15 is 0 Å². The highest BCUT2D eigenvalue weighted by Crippen LogP contribution is 2.21. The highest BCUT2D eigenvalue weighted by molar-refractivity contribution is 5.45. The van der Waals surface area contributed by atoms with Crippen molar-refractivity contribution in [2.75, 3.05) is 11.9 Å². The summed E-state index contributed by atoms with van der Waals surface area (Å²) in [5, 5.41) is 12.1. The SMILES string of the molecule is CCNc1ncccc1COc1cc(C#N)ccc1C. The lowest BCUT2D eigenvalue weighted by atomic mass is 10.1. The number of hydrogen-bond donors (Lipinski definition) is 1. The lowest BCUT2D eigenvalue weighted by molar-refractivity contribution is 0.304. The van der Waals surface area contributed by atoms with Crippen molar-refractivity contribution in [1.82, 2.24) is 4.98 Å². The van der Waals surface area contributed by atoms with Crippen LogP contribution in [0.5, 0.6) is 5.75 Å². The number of nitrogens with one attached hydrogen (secondary N) is 1. The number of benzene rings is 1. The van der Waals surface area contributed by atoms with E-state index in [1.807, 2.05) is 32.0 Å². The minimum atomic E-state index is 0.423. The molecule has 0 radical (unpaired) electrons. The molecule has 0 spiro atoms. The summed E-state index contributed by atoms with van der Waals surface area (Å²) in [5.74, 6) is 1.57. The van der Waals surface area contributed by atoms with Gasteiger partial charge < -0.3 is 10.1 Å². The number of anilines is 1. The van der Waals surface area contributed by atoms with Crippen molar-refractivity contribution in [3.63, 3.8) is 0 Å². The molecule has 4 nitrogen and oxygen atoms in total. The number of ether oxygens (including phenoxy) is 1. The van der Waals surface area contributed by atoms with Crippen LogP contribution in [-0.2, 0) is 6.61 Å². The molecule has 1 aromatic carbocycles. The summed E-state index contributed by atoms with van der Waals surface area (Å²) in [4.78, 5) is 4.29. The first-order valence-electron chi connectivity index (χ1n) is 6.56. The molecule has 20 heavy (non-hydrogen) atoms. The van der Waals surface area contributed by atoms with Gasteiger partial charge in [-0.3, -0.25) is 0 Å². The third kappa shape index (κ3) is 3.27. The zero-order chi connectivity index (χ0) is 14.4. The zero-order valence-corrected chi connectivity index (χ0v) is 11.7. The van der Waals surface area contributed by atoms with Crippen molar-refractivity contribution in [1.29, 1.82) is 5.26 Å². The van der Waals surface area contributed by atoms with Gasteiger partial charge in [-0.2, -0.15) is 5.26 Å². The van der Waals surface area contributed by atoms with Crippen molar-refractivity contribution < 1.29 is 4.74 Å². The van der Waals surface area contributed by atoms with Crippen molar-refractivity contribution in [3.8, 4) is 11.8 Å². The van der Waals surface area contributed by atoms with Crippen LogP contribution in [0.2, 0.25) is 0 Å². The molecule has 0 fully saturated rings. The molecular formula is C16H17N3O. The predicted molar refractivity (Wildman–Crippen MR) is 78.6 cm³/mol. The quantitative estimate of drug-likeness (QED) is 0.903. The molecule has 0 atom stereocenters. The lowest BCUT2D eigenvalue weighted by Crippen LogP contribution is -2.06. The van der Waals surface area contributed by atoms with Gasteiger partial charge in [-0.05, 0) is 37.6 Å². The molecule has 102 valence electrons. The first-order valence-corrected chi connectivity index (χ1v) is 6.56. The Kier molecular flexibility index (Phi) is 4.56. The number of aromatic nitrogens is 1. The van der Waals surface area contributed by atoms with E-state index in [9.17, 15) is 0 Å². The molecule has 0 aliphatic heterocycles. The lowest BCUT2D eigenvalue weighted by Gasteiger charge is -2.12. The first-order chi connectivity index (χ1) is 9.74. The highest BCUT2D eigenvalue weighted by atomic mass is 16.5. The fourth-order valence-electron chi connectivity index (χ4n) is 1.86. The fourth-order valence-corrected chi connectivity index (χ4v) is 1.86. The Morgan fingerprint density at radius 1 is 1.35 bits per heavy atom. The van der Waals surface area contributed by atoms with Gasteiger partial charge in [-0.1, -0.05) is 12.1 Å². The second-order valence-electron chi connectivity index (χ2n) is 4.42. The molecule has 0 aliphatic rings. The van der Waals surface area contributed by atoms with Gasteiger partial charge in [-0.15, -0.1) is 0 Å². The summed E-state index contributed by atoms with van der Waals surface area (Å²) in [6, 6.07) is 11.4. The number of pyridine rings is 1. The topological polar surface area (TPSA) is 57.9 Å². The van der Waals surface area contributed by atoms with Crippen molar-refractivity contribution >= 4 is 5.82 Å². The van der Waals surface area contributed by atoms with E-state index in [1.54, 1.807) is 18.3 Å². The Labute approximate surface area is 119 Å². The second kappa shape index (κ2) is 6.58. The van der Waals surface area contributed by atoms with Crippen LogP contribution in [0.1, 0.15) is 23.6 Å². The number of hydrogen-bond acceptors (Lipinski definition) is 4. The molecule has 0 unspecified atom stereocenters. The summed E-state index contributed by atoms with van der Waals surface area (Å²) in [5.41, 5.74) is 2.61. The third-order valence-electron chi connectivity index (χ3n) is 2.94. The molecule has 0 saturated heterocycles. The van der Waals surface area contributed by atoms with Gasteiger partial charge in [-0.25, -0.2) is 4.98 Å². The monoisotopic (exact) mass is 267 g/mol. The van der Waals surface area contributed by atoms with Crippen LogP contribution in [0, 0.1) is 18.3 Å². The van der Waals surface area contributed by atoms with Crippen LogP contribution in [0.25, 0.3) is 0 Å². The maximum Gasteiger partial charge on any atom is 0.132 e. The Bertz CT molecular complexity index is 632. The van der Waals surface area contributed by atoms with Crippen LogP contribution >= 0.6 is 0 Å². The van der Waals surface area contributed by atoms with Crippen LogP contribution in [0.4, 0.5) is 5.82 Å². The Hall–Kier alpha value is -2.54. The van der Waals surface area contributed by atoms with E-state index in [2.05, 4.69) is 16.4 Å². The van der Waals surface area contributed by atoms with Gasteiger partial charge in [0.05, 0.1) is 11.6 Å². The number of nitrogens with zero attached hydrogens (tertiary/aromatic N) is 2. The minimum absolute atomic E-state index is 0.423. The summed E-state index contributed by atoms with van der Waals surface area (Å²) in [6.07, 6.45) is 1.75. The molecule has 2 aromatic rings. The maximum atomic E-state index is 8.93. The average molecular weight is 267 g/mol. The summed E-state index contributed by atoms with van der Waals surface area (Å²) in [7, 11) is 0. The van der Waals surface area contributed by atoms with Gasteiger partial charge in [0.1, 0.15) is 18.2 Å². The molecule has 4 heteroatoms. The average Bonchev–Trinajstić information content (AvgIpc) is 2.48. The summed E-state index contributed by atoms with van der Waals surface area (Å²) in [6.45, 7) is 5.23. The highest BCUT2D eigenvalue weighted by Gasteiger charge is 2.06. The van der Waals surface area contributed by atoms with Crippen LogP contribution in [0.15, 0.2) is 36.5 Å². The Balaban J connectivity index is 2.15. The van der Waals surface area contributed by atoms with Gasteiger partial charge >= 0.3 is 0 Å². The Morgan fingerprint density at radius 3 is 2.95 bits per heavy atom. The molecule has 2 rings (SSSR count). The molecule has 0 amide bonds. The van der Waals surface area contributed by atoms with E-state index in [1.165, 1.54) is 0 Å². The van der Waals surface area contributed by atoms with Crippen molar-refractivity contribution in [2.24, 2.45) is 0 Å². The molecule has 0 aliphatic carbocycles. The van der Waals surface area contributed by atoms with Crippen LogP contribution in [-0.4, -0.2) is 11.5 Å². The first kappa shape index (κ1) is 13.9. The normalized spacial score (nSPS) is 9.85. The second-order valence-corrected chi connectivity index (χ2v) is 4.42. The minimum Gasteiger partial charge on any atom is -0.488 e. The van der Waals surface area contributed by atoms with Crippen LogP contribution < -0.4 is 10.1 Å². The van der Waals surface area contributed by atoms with Gasteiger partial charge in [0.25, 0.3) is 0 Å². The van der Waals surface area contributed by atoms with Gasteiger partial charge in [0.2, 0.25) is 0 Å². The predicted octanol–water partition coefficient (Wildman–Crippen LogP) is 3.27. The fraction of sp³-hybridized carbons (Fsp3) is 0.250. The number of rotatable bonds is 5. The van der Waals surface area contributed by atoms with Crippen molar-refractivity contribution in [3.05, 3.63) is 53.2 Å². The third-order valence-corrected chi connectivity index (χ3v) is 2.94. The van der Waals surface area contributed by atoms with Crippen molar-refractivity contribution in [2.45, 2.75) is 20.5 Å². The summed E-state index contributed by atoms with van der Waals surface area (Å²) < 4.78 is 5.82. The molecule has 0 saturated carbocycles. The van der Waals surface area contributed by atoms with Crippen LogP contribution in [0.3, 0.4) is 0 Å². The van der Waals surface area contributed by atoms with Gasteiger partial charge in [0.15, 0.2) is 0 Å². The maximum absolute atomic E-state index is 8.93. The number of aryl methyl sites for hydroxylation is 1. The largest absolute Gasteiger partial charge is 0.488 e. The molecule has 1 aromatic heterocycles. The standard InChI is InChI=1S/C16H17N3O/c1-3-18-16-14(5-4-8-19-16)11-20-15-9-13(10-17)7-6-12(15)2/h4-9H,3,11H2,1-2H3,(H,18,19). The van der Waals surface area contributed by atoms with E-state index in [0.717, 1.165) is 29.2 Å². The Morgan fingerprint density at radius 2 is 2.20 bits per heavy atom. The molecular weight excluding hydrogens is 250 g/mol. The van der Waals surface area contributed by atoms with E-state index in [4.69, 9.17) is 10.00 Å². The molecule has 1 N–H and O–H groups in total. The zero-order valence-electron chi connectivity index (χ0n) is 11.7. The van der Waals surface area contributed by atoms with E-state index in [-0.39, 0.29) is 0 Å². The summed E-state index contributed by atoms with van der Waals surface area (Å²) >= 11 is 0. The number of nitriles is 1. The van der Waals surface area contributed by atoms with E-state index < -0.39 is 0 Å². The van der Waals surface area contributed by atoms with Gasteiger partial charge in [0, 0.05) is 18.3 Å². The molecule has 0 bridgehead atoms.